The van der Waals surface area contributed by atoms with Gasteiger partial charge >= 0.3 is 5.69 Å². The van der Waals surface area contributed by atoms with Crippen molar-refractivity contribution in [1.82, 2.24) is 14.8 Å². The van der Waals surface area contributed by atoms with Crippen molar-refractivity contribution in [2.45, 2.75) is 23.5 Å². The molecule has 0 amide bonds. The van der Waals surface area contributed by atoms with E-state index in [1.165, 1.54) is 11.8 Å². The molecule has 0 unspecified atom stereocenters. The average Bonchev–Trinajstić information content (AvgIpc) is 2.80. The lowest BCUT2D eigenvalue weighted by Gasteiger charge is -2.19. The molecule has 20 heavy (non-hydrogen) atoms. The van der Waals surface area contributed by atoms with Crippen molar-refractivity contribution in [2.75, 3.05) is 18.9 Å². The van der Waals surface area contributed by atoms with Gasteiger partial charge in [0.2, 0.25) is 0 Å². The van der Waals surface area contributed by atoms with E-state index in [1.807, 2.05) is 13.0 Å². The van der Waals surface area contributed by atoms with E-state index in [9.17, 15) is 4.79 Å². The fraction of sp³-hybridized carbons (Fsp3) is 0.333. The highest BCUT2D eigenvalue weighted by molar-refractivity contribution is 7.99. The molecule has 3 N–H and O–H groups in total. The van der Waals surface area contributed by atoms with Crippen LogP contribution in [-0.2, 0) is 6.54 Å². The van der Waals surface area contributed by atoms with Crippen molar-refractivity contribution in [3.63, 3.8) is 0 Å². The normalized spacial score (nSPS) is 13.4. The van der Waals surface area contributed by atoms with E-state index in [-0.39, 0.29) is 5.69 Å². The Labute approximate surface area is 119 Å². The number of hydrogen-bond donors (Lipinski definition) is 2. The first kappa shape index (κ1) is 12.9. The number of H-pyrrole nitrogens is 1. The number of anilines is 1. The minimum atomic E-state index is -0.230. The Morgan fingerprint density at radius 1 is 1.40 bits per heavy atom. The van der Waals surface area contributed by atoms with Crippen molar-refractivity contribution in [3.8, 4) is 11.5 Å². The molecule has 0 saturated heterocycles. The van der Waals surface area contributed by atoms with Gasteiger partial charge in [-0.2, -0.15) is 0 Å². The number of ether oxygens (including phenoxy) is 2. The molecule has 0 spiro atoms. The number of fused-ring (bicyclic) bond motifs is 1. The monoisotopic (exact) mass is 294 g/mol. The molecule has 7 nitrogen and oxygen atoms in total. The molecule has 1 aromatic carbocycles. The Morgan fingerprint density at radius 3 is 2.80 bits per heavy atom. The molecule has 0 saturated carbocycles. The predicted molar refractivity (Wildman–Crippen MR) is 74.5 cm³/mol. The molecule has 0 atom stereocenters. The van der Waals surface area contributed by atoms with E-state index < -0.39 is 0 Å². The zero-order chi connectivity index (χ0) is 14.1. The molecule has 3 rings (SSSR count). The Bertz CT molecular complexity index is 694. The molecule has 0 fully saturated rings. The summed E-state index contributed by atoms with van der Waals surface area (Å²) in [4.78, 5) is 12.3. The van der Waals surface area contributed by atoms with Crippen LogP contribution in [0.1, 0.15) is 6.92 Å². The van der Waals surface area contributed by atoms with Gasteiger partial charge in [-0.05, 0) is 18.7 Å². The standard InChI is InChI=1S/C12H14N4O3S/c1-2-16-11(17)14-15-12(16)20-10-6-9-8(5-7(10)13)18-3-4-19-9/h5-6H,2-4,13H2,1H3,(H,14,17). The summed E-state index contributed by atoms with van der Waals surface area (Å²) in [6.07, 6.45) is 0. The van der Waals surface area contributed by atoms with Gasteiger partial charge in [0.05, 0.1) is 0 Å². The van der Waals surface area contributed by atoms with Crippen molar-refractivity contribution in [1.29, 1.82) is 0 Å². The molecule has 0 bridgehead atoms. The molecule has 8 heteroatoms. The predicted octanol–water partition coefficient (Wildman–Crippen LogP) is 1.10. The Balaban J connectivity index is 1.96. The molecule has 106 valence electrons. The summed E-state index contributed by atoms with van der Waals surface area (Å²) in [6.45, 7) is 3.47. The summed E-state index contributed by atoms with van der Waals surface area (Å²) in [5.74, 6) is 1.31. The maximum atomic E-state index is 11.5. The van der Waals surface area contributed by atoms with Gasteiger partial charge in [0, 0.05) is 29.3 Å². The Hall–Kier alpha value is -2.09. The summed E-state index contributed by atoms with van der Waals surface area (Å²) in [7, 11) is 0. The maximum Gasteiger partial charge on any atom is 0.343 e. The number of nitrogens with two attached hydrogens (primary N) is 1. The first-order chi connectivity index (χ1) is 9.69. The molecule has 1 aromatic heterocycles. The van der Waals surface area contributed by atoms with Crippen molar-refractivity contribution in [3.05, 3.63) is 22.6 Å². The molecular weight excluding hydrogens is 280 g/mol. The van der Waals surface area contributed by atoms with Gasteiger partial charge < -0.3 is 15.2 Å². The van der Waals surface area contributed by atoms with Crippen molar-refractivity contribution >= 4 is 17.4 Å². The second kappa shape index (κ2) is 5.12. The highest BCUT2D eigenvalue weighted by Gasteiger charge is 2.17. The number of nitrogens with zero attached hydrogens (tertiary/aromatic N) is 2. The fourth-order valence-electron chi connectivity index (χ4n) is 1.93. The van der Waals surface area contributed by atoms with Crippen LogP contribution in [0.5, 0.6) is 11.5 Å². The molecule has 2 aromatic rings. The summed E-state index contributed by atoms with van der Waals surface area (Å²) in [5, 5.41) is 7.00. The molecule has 1 aliphatic rings. The van der Waals surface area contributed by atoms with Gasteiger partial charge in [-0.3, -0.25) is 4.57 Å². The first-order valence-corrected chi connectivity index (χ1v) is 7.03. The lowest BCUT2D eigenvalue weighted by Crippen LogP contribution is -2.16. The zero-order valence-corrected chi connectivity index (χ0v) is 11.7. The van der Waals surface area contributed by atoms with Crippen LogP contribution < -0.4 is 20.9 Å². The van der Waals surface area contributed by atoms with E-state index in [0.29, 0.717) is 42.1 Å². The SMILES string of the molecule is CCn1c(Sc2cc3c(cc2N)OCCO3)n[nH]c1=O. The Kier molecular flexibility index (Phi) is 3.31. The van der Waals surface area contributed by atoms with E-state index >= 15 is 0 Å². The number of aromatic amines is 1. The quantitative estimate of drug-likeness (QED) is 0.823. The van der Waals surface area contributed by atoms with Crippen LogP contribution in [0, 0.1) is 0 Å². The lowest BCUT2D eigenvalue weighted by molar-refractivity contribution is 0.171. The molecule has 0 aliphatic carbocycles. The van der Waals surface area contributed by atoms with Gasteiger partial charge in [0.1, 0.15) is 13.2 Å². The van der Waals surface area contributed by atoms with Gasteiger partial charge in [-0.15, -0.1) is 5.10 Å². The first-order valence-electron chi connectivity index (χ1n) is 6.21. The Morgan fingerprint density at radius 2 is 2.10 bits per heavy atom. The average molecular weight is 294 g/mol. The van der Waals surface area contributed by atoms with Gasteiger partial charge in [0.25, 0.3) is 0 Å². The van der Waals surface area contributed by atoms with Crippen LogP contribution in [0.15, 0.2) is 27.0 Å². The van der Waals surface area contributed by atoms with E-state index in [0.717, 1.165) is 4.90 Å². The van der Waals surface area contributed by atoms with Crippen LogP contribution in [0.2, 0.25) is 0 Å². The smallest absolute Gasteiger partial charge is 0.343 e. The number of hydrogen-bond acceptors (Lipinski definition) is 6. The lowest BCUT2D eigenvalue weighted by atomic mass is 10.2. The molecule has 2 heterocycles. The minimum Gasteiger partial charge on any atom is -0.486 e. The fourth-order valence-corrected chi connectivity index (χ4v) is 2.89. The summed E-state index contributed by atoms with van der Waals surface area (Å²) in [6, 6.07) is 3.55. The second-order valence-corrected chi connectivity index (χ2v) is 5.20. The third kappa shape index (κ3) is 2.22. The number of rotatable bonds is 3. The summed E-state index contributed by atoms with van der Waals surface area (Å²) < 4.78 is 12.5. The molecule has 0 radical (unpaired) electrons. The van der Waals surface area contributed by atoms with Crippen LogP contribution in [0.25, 0.3) is 0 Å². The largest absolute Gasteiger partial charge is 0.486 e. The van der Waals surface area contributed by atoms with E-state index in [1.54, 1.807) is 10.6 Å². The molecular formula is C12H14N4O3S. The minimum absolute atomic E-state index is 0.230. The maximum absolute atomic E-state index is 11.5. The number of nitrogens with one attached hydrogen (secondary N) is 1. The van der Waals surface area contributed by atoms with Gasteiger partial charge in [-0.25, -0.2) is 9.89 Å². The third-order valence-electron chi connectivity index (χ3n) is 2.92. The number of benzene rings is 1. The van der Waals surface area contributed by atoms with E-state index in [4.69, 9.17) is 15.2 Å². The van der Waals surface area contributed by atoms with Crippen LogP contribution >= 0.6 is 11.8 Å². The topological polar surface area (TPSA) is 95.2 Å². The van der Waals surface area contributed by atoms with Gasteiger partial charge in [0.15, 0.2) is 16.7 Å². The number of aromatic nitrogens is 3. The van der Waals surface area contributed by atoms with Crippen LogP contribution in [0.4, 0.5) is 5.69 Å². The van der Waals surface area contributed by atoms with E-state index in [2.05, 4.69) is 10.2 Å². The zero-order valence-electron chi connectivity index (χ0n) is 10.9. The van der Waals surface area contributed by atoms with Crippen molar-refractivity contribution in [2.24, 2.45) is 0 Å². The van der Waals surface area contributed by atoms with Crippen LogP contribution in [0.3, 0.4) is 0 Å². The van der Waals surface area contributed by atoms with Crippen LogP contribution in [-0.4, -0.2) is 28.0 Å². The summed E-state index contributed by atoms with van der Waals surface area (Å²) in [5.41, 5.74) is 6.35. The highest BCUT2D eigenvalue weighted by Crippen LogP contribution is 2.40. The van der Waals surface area contributed by atoms with Crippen molar-refractivity contribution < 1.29 is 9.47 Å². The summed E-state index contributed by atoms with van der Waals surface area (Å²) >= 11 is 1.32. The third-order valence-corrected chi connectivity index (χ3v) is 3.98. The van der Waals surface area contributed by atoms with Gasteiger partial charge in [-0.1, -0.05) is 0 Å². The second-order valence-electron chi connectivity index (χ2n) is 4.19. The molecule has 1 aliphatic heterocycles. The number of nitrogen functional groups attached to an aromatic ring is 1. The highest BCUT2D eigenvalue weighted by atomic mass is 32.2.